The van der Waals surface area contributed by atoms with Gasteiger partial charge in [-0.1, -0.05) is 72.1 Å². The fourth-order valence-corrected chi connectivity index (χ4v) is 3.82. The van der Waals surface area contributed by atoms with Gasteiger partial charge in [-0.3, -0.25) is 11.3 Å². The summed E-state index contributed by atoms with van der Waals surface area (Å²) in [6.07, 6.45) is 15.1. The molecule has 0 bridgehead atoms. The normalized spacial score (nSPS) is 23.7. The summed E-state index contributed by atoms with van der Waals surface area (Å²) in [6, 6.07) is 0.535. The van der Waals surface area contributed by atoms with Gasteiger partial charge in [0.25, 0.3) is 0 Å². The zero-order chi connectivity index (χ0) is 14.1. The average molecular weight is 268 g/mol. The molecule has 1 rings (SSSR count). The fraction of sp³-hybridized carbons (Fsp3) is 1.00. The van der Waals surface area contributed by atoms with Gasteiger partial charge in [-0.2, -0.15) is 0 Å². The van der Waals surface area contributed by atoms with Crippen molar-refractivity contribution >= 4 is 0 Å². The van der Waals surface area contributed by atoms with Crippen LogP contribution in [0.1, 0.15) is 91.4 Å². The van der Waals surface area contributed by atoms with E-state index in [0.717, 1.165) is 5.92 Å². The van der Waals surface area contributed by atoms with Gasteiger partial charge in [-0.15, -0.1) is 0 Å². The van der Waals surface area contributed by atoms with Crippen molar-refractivity contribution < 1.29 is 0 Å². The average Bonchev–Trinajstić information content (AvgIpc) is 2.73. The maximum absolute atomic E-state index is 5.80. The van der Waals surface area contributed by atoms with Crippen molar-refractivity contribution in [1.29, 1.82) is 0 Å². The first-order chi connectivity index (χ1) is 9.11. The molecule has 0 aromatic rings. The molecule has 1 saturated carbocycles. The number of unbranched alkanes of at least 4 members (excludes halogenated alkanes) is 6. The number of nitrogens with two attached hydrogens (primary N) is 1. The highest BCUT2D eigenvalue weighted by molar-refractivity contribution is 4.91. The van der Waals surface area contributed by atoms with Gasteiger partial charge in [0.1, 0.15) is 0 Å². The topological polar surface area (TPSA) is 38.0 Å². The predicted octanol–water partition coefficient (Wildman–Crippen LogP) is 4.79. The lowest BCUT2D eigenvalue weighted by Gasteiger charge is -2.34. The van der Waals surface area contributed by atoms with Crippen LogP contribution in [0.4, 0.5) is 0 Å². The molecule has 0 aliphatic heterocycles. The Balaban J connectivity index is 2.15. The Morgan fingerprint density at radius 1 is 1.11 bits per heavy atom. The van der Waals surface area contributed by atoms with Crippen LogP contribution in [-0.2, 0) is 0 Å². The summed E-state index contributed by atoms with van der Waals surface area (Å²) < 4.78 is 0. The second-order valence-corrected chi connectivity index (χ2v) is 7.17. The lowest BCUT2D eigenvalue weighted by Crippen LogP contribution is -2.44. The van der Waals surface area contributed by atoms with Crippen molar-refractivity contribution in [3.8, 4) is 0 Å². The molecule has 114 valence electrons. The molecule has 2 atom stereocenters. The zero-order valence-corrected chi connectivity index (χ0v) is 13.5. The number of hydrazine groups is 1. The third kappa shape index (κ3) is 5.83. The highest BCUT2D eigenvalue weighted by atomic mass is 15.2. The first-order valence-corrected chi connectivity index (χ1v) is 8.58. The van der Waals surface area contributed by atoms with Crippen molar-refractivity contribution in [1.82, 2.24) is 5.43 Å². The molecule has 1 aliphatic carbocycles. The first kappa shape index (κ1) is 17.0. The monoisotopic (exact) mass is 268 g/mol. The number of rotatable bonds is 10. The van der Waals surface area contributed by atoms with E-state index in [1.54, 1.807) is 0 Å². The highest BCUT2D eigenvalue weighted by Gasteiger charge is 2.38. The smallest absolute Gasteiger partial charge is 0.0243 e. The van der Waals surface area contributed by atoms with Gasteiger partial charge in [-0.05, 0) is 30.6 Å². The third-order valence-corrected chi connectivity index (χ3v) is 5.16. The van der Waals surface area contributed by atoms with Gasteiger partial charge in [0.05, 0.1) is 0 Å². The highest BCUT2D eigenvalue weighted by Crippen LogP contribution is 2.45. The van der Waals surface area contributed by atoms with E-state index in [1.807, 2.05) is 0 Å². The predicted molar refractivity (Wildman–Crippen MR) is 84.8 cm³/mol. The van der Waals surface area contributed by atoms with E-state index in [1.165, 1.54) is 70.6 Å². The summed E-state index contributed by atoms with van der Waals surface area (Å²) in [7, 11) is 0. The maximum atomic E-state index is 5.80. The minimum absolute atomic E-state index is 0.484. The number of hydrogen-bond acceptors (Lipinski definition) is 2. The van der Waals surface area contributed by atoms with Crippen LogP contribution in [0.5, 0.6) is 0 Å². The van der Waals surface area contributed by atoms with Crippen LogP contribution in [0.15, 0.2) is 0 Å². The van der Waals surface area contributed by atoms with Crippen LogP contribution >= 0.6 is 0 Å². The van der Waals surface area contributed by atoms with Gasteiger partial charge >= 0.3 is 0 Å². The molecule has 0 saturated heterocycles. The van der Waals surface area contributed by atoms with Gasteiger partial charge in [0.15, 0.2) is 0 Å². The van der Waals surface area contributed by atoms with E-state index < -0.39 is 0 Å². The molecular weight excluding hydrogens is 232 g/mol. The summed E-state index contributed by atoms with van der Waals surface area (Å²) in [4.78, 5) is 0. The Kier molecular flexibility index (Phi) is 8.01. The van der Waals surface area contributed by atoms with Crippen LogP contribution in [0.25, 0.3) is 0 Å². The molecule has 0 aromatic carbocycles. The molecule has 19 heavy (non-hydrogen) atoms. The summed E-state index contributed by atoms with van der Waals surface area (Å²) in [5.41, 5.74) is 3.60. The molecule has 0 aromatic heterocycles. The van der Waals surface area contributed by atoms with Crippen LogP contribution in [0, 0.1) is 11.3 Å². The summed E-state index contributed by atoms with van der Waals surface area (Å²) >= 11 is 0. The second-order valence-electron chi connectivity index (χ2n) is 7.17. The molecule has 0 radical (unpaired) electrons. The molecule has 0 spiro atoms. The lowest BCUT2D eigenvalue weighted by atomic mass is 9.76. The van der Waals surface area contributed by atoms with E-state index >= 15 is 0 Å². The largest absolute Gasteiger partial charge is 0.271 e. The Morgan fingerprint density at radius 2 is 1.74 bits per heavy atom. The van der Waals surface area contributed by atoms with Gasteiger partial charge in [0, 0.05) is 6.04 Å². The van der Waals surface area contributed by atoms with Crippen LogP contribution < -0.4 is 11.3 Å². The number of nitrogens with one attached hydrogen (secondary N) is 1. The van der Waals surface area contributed by atoms with E-state index in [2.05, 4.69) is 26.2 Å². The summed E-state index contributed by atoms with van der Waals surface area (Å²) in [6.45, 7) is 7.11. The van der Waals surface area contributed by atoms with Crippen LogP contribution in [0.2, 0.25) is 0 Å². The van der Waals surface area contributed by atoms with Crippen molar-refractivity contribution in [2.75, 3.05) is 0 Å². The van der Waals surface area contributed by atoms with Gasteiger partial charge < -0.3 is 0 Å². The van der Waals surface area contributed by atoms with E-state index in [0.29, 0.717) is 11.5 Å². The SMILES string of the molecule is CCCCCCCCCC(NN)C1CCCC1(C)C. The van der Waals surface area contributed by atoms with Crippen molar-refractivity contribution in [3.05, 3.63) is 0 Å². The third-order valence-electron chi connectivity index (χ3n) is 5.16. The van der Waals surface area contributed by atoms with E-state index in [9.17, 15) is 0 Å². The van der Waals surface area contributed by atoms with Crippen molar-refractivity contribution in [3.63, 3.8) is 0 Å². The van der Waals surface area contributed by atoms with E-state index in [-0.39, 0.29) is 0 Å². The van der Waals surface area contributed by atoms with Crippen molar-refractivity contribution in [2.24, 2.45) is 17.2 Å². The van der Waals surface area contributed by atoms with Gasteiger partial charge in [-0.25, -0.2) is 0 Å². The Labute approximate surface area is 120 Å². The zero-order valence-electron chi connectivity index (χ0n) is 13.5. The minimum Gasteiger partial charge on any atom is -0.271 e. The van der Waals surface area contributed by atoms with E-state index in [4.69, 9.17) is 5.84 Å². The lowest BCUT2D eigenvalue weighted by molar-refractivity contribution is 0.187. The minimum atomic E-state index is 0.484. The molecule has 0 heterocycles. The molecule has 2 heteroatoms. The van der Waals surface area contributed by atoms with Crippen LogP contribution in [-0.4, -0.2) is 6.04 Å². The molecule has 2 nitrogen and oxygen atoms in total. The fourth-order valence-electron chi connectivity index (χ4n) is 3.82. The van der Waals surface area contributed by atoms with Gasteiger partial charge in [0.2, 0.25) is 0 Å². The Morgan fingerprint density at radius 3 is 2.26 bits per heavy atom. The quantitative estimate of drug-likeness (QED) is 0.340. The first-order valence-electron chi connectivity index (χ1n) is 8.58. The molecule has 1 aliphatic rings. The second kappa shape index (κ2) is 8.97. The summed E-state index contributed by atoms with van der Waals surface area (Å²) in [5.74, 6) is 6.58. The molecular formula is C17H36N2. The summed E-state index contributed by atoms with van der Waals surface area (Å²) in [5, 5.41) is 0. The van der Waals surface area contributed by atoms with Crippen LogP contribution in [0.3, 0.4) is 0 Å². The Hall–Kier alpha value is -0.0800. The molecule has 1 fully saturated rings. The Bertz CT molecular complexity index is 225. The molecule has 2 unspecified atom stereocenters. The molecule has 3 N–H and O–H groups in total. The maximum Gasteiger partial charge on any atom is 0.0243 e. The van der Waals surface area contributed by atoms with Crippen molar-refractivity contribution in [2.45, 2.75) is 97.4 Å². The molecule has 0 amide bonds. The standard InChI is InChI=1S/C17H36N2/c1-4-5-6-7-8-9-10-13-16(19-18)15-12-11-14-17(15,2)3/h15-16,19H,4-14,18H2,1-3H3. The number of hydrogen-bond donors (Lipinski definition) is 2.